The van der Waals surface area contributed by atoms with Gasteiger partial charge in [-0.3, -0.25) is 14.8 Å². The molecule has 1 saturated heterocycles. The molecule has 2 amide bonds. The number of aromatic nitrogens is 1. The first-order valence-electron chi connectivity index (χ1n) is 9.96. The second-order valence-electron chi connectivity index (χ2n) is 8.24. The van der Waals surface area contributed by atoms with Crippen molar-refractivity contribution in [3.05, 3.63) is 30.1 Å². The van der Waals surface area contributed by atoms with Crippen molar-refractivity contribution in [1.82, 2.24) is 16.0 Å². The van der Waals surface area contributed by atoms with Crippen LogP contribution >= 0.6 is 0 Å². The highest BCUT2D eigenvalue weighted by Gasteiger charge is 2.48. The van der Waals surface area contributed by atoms with Gasteiger partial charge in [0.2, 0.25) is 24.2 Å². The molecule has 7 nitrogen and oxygen atoms in total. The summed E-state index contributed by atoms with van der Waals surface area (Å²) in [6.07, 6.45) is 8.34. The van der Waals surface area contributed by atoms with Gasteiger partial charge in [-0.05, 0) is 50.6 Å². The molecule has 1 aromatic rings. The van der Waals surface area contributed by atoms with Crippen LogP contribution in [0.4, 0.5) is 0 Å². The molecule has 0 bridgehead atoms. The van der Waals surface area contributed by atoms with Crippen molar-refractivity contribution in [3.63, 3.8) is 0 Å². The molecule has 1 unspecified atom stereocenters. The summed E-state index contributed by atoms with van der Waals surface area (Å²) in [5.74, 6) is 0.0406. The predicted octanol–water partition coefficient (Wildman–Crippen LogP) is 0.990. The van der Waals surface area contributed by atoms with Crippen LogP contribution in [0.25, 0.3) is 0 Å². The van der Waals surface area contributed by atoms with Gasteiger partial charge in [-0.2, -0.15) is 0 Å². The maximum absolute atomic E-state index is 13.0. The molecule has 1 saturated carbocycles. The van der Waals surface area contributed by atoms with Gasteiger partial charge in [0.15, 0.2) is 0 Å². The number of rotatable bonds is 7. The van der Waals surface area contributed by atoms with Gasteiger partial charge < -0.3 is 16.0 Å². The topological polar surface area (TPSA) is 94.3 Å². The highest BCUT2D eigenvalue weighted by molar-refractivity contribution is 5.90. The first-order chi connectivity index (χ1) is 12.9. The van der Waals surface area contributed by atoms with Crippen molar-refractivity contribution in [2.24, 2.45) is 5.92 Å². The van der Waals surface area contributed by atoms with Crippen molar-refractivity contribution >= 4 is 11.8 Å². The number of nitrogens with zero attached hydrogens (tertiary/aromatic N) is 1. The first-order valence-corrected chi connectivity index (χ1v) is 9.96. The van der Waals surface area contributed by atoms with Crippen LogP contribution in [0.2, 0.25) is 0 Å². The monoisotopic (exact) mass is 375 g/mol. The lowest BCUT2D eigenvalue weighted by Crippen LogP contribution is -2.55. The summed E-state index contributed by atoms with van der Waals surface area (Å²) < 4.78 is 1.00. The number of nitrogens with one attached hydrogen (secondary N) is 3. The van der Waals surface area contributed by atoms with Crippen molar-refractivity contribution in [2.45, 2.75) is 70.0 Å². The Morgan fingerprint density at radius 1 is 1.37 bits per heavy atom. The zero-order chi connectivity index (χ0) is 19.4. The minimum absolute atomic E-state index is 0.0896. The zero-order valence-electron chi connectivity index (χ0n) is 16.2. The van der Waals surface area contributed by atoms with E-state index in [1.165, 1.54) is 0 Å². The number of carbonyl (C=O) groups is 2. The maximum atomic E-state index is 13.0. The first kappa shape index (κ1) is 19.6. The van der Waals surface area contributed by atoms with Crippen LogP contribution < -0.4 is 20.7 Å². The summed E-state index contributed by atoms with van der Waals surface area (Å²) >= 11 is 0. The lowest BCUT2D eigenvalue weighted by molar-refractivity contribution is -0.905. The van der Waals surface area contributed by atoms with E-state index in [0.29, 0.717) is 6.42 Å². The number of pyridine rings is 1. The van der Waals surface area contributed by atoms with Crippen LogP contribution in [0, 0.1) is 5.92 Å². The third kappa shape index (κ3) is 4.97. The van der Waals surface area contributed by atoms with Crippen LogP contribution in [0.3, 0.4) is 0 Å². The summed E-state index contributed by atoms with van der Waals surface area (Å²) in [6.45, 7) is 4.94. The van der Waals surface area contributed by atoms with Crippen LogP contribution in [0.15, 0.2) is 24.5 Å². The van der Waals surface area contributed by atoms with E-state index in [0.717, 1.165) is 48.9 Å². The highest BCUT2D eigenvalue weighted by Crippen LogP contribution is 2.45. The maximum Gasteiger partial charge on any atom is 0.243 e. The summed E-state index contributed by atoms with van der Waals surface area (Å²) in [5, 5.41) is 19.0. The van der Waals surface area contributed by atoms with Gasteiger partial charge in [0, 0.05) is 16.4 Å². The van der Waals surface area contributed by atoms with Crippen molar-refractivity contribution < 1.29 is 19.5 Å². The SMILES string of the molecule is CC(C)CC(NC(=O)[C@H]1CCCCN1)C(=O)NC1(c2ccc[n+](O)c2)CC1. The van der Waals surface area contributed by atoms with E-state index in [4.69, 9.17) is 0 Å². The average molecular weight is 375 g/mol. The molecule has 1 aliphatic carbocycles. The van der Waals surface area contributed by atoms with E-state index < -0.39 is 11.6 Å². The molecule has 2 heterocycles. The van der Waals surface area contributed by atoms with Gasteiger partial charge in [-0.15, -0.1) is 0 Å². The predicted molar refractivity (Wildman–Crippen MR) is 99.9 cm³/mol. The van der Waals surface area contributed by atoms with Crippen molar-refractivity contribution in [1.29, 1.82) is 0 Å². The van der Waals surface area contributed by atoms with Crippen molar-refractivity contribution in [3.8, 4) is 0 Å². The van der Waals surface area contributed by atoms with Gasteiger partial charge in [-0.1, -0.05) is 20.3 Å². The van der Waals surface area contributed by atoms with Gasteiger partial charge in [0.05, 0.1) is 11.6 Å². The Hall–Kier alpha value is -2.15. The molecule has 7 heteroatoms. The fourth-order valence-electron chi connectivity index (χ4n) is 3.73. The van der Waals surface area contributed by atoms with E-state index in [1.54, 1.807) is 18.5 Å². The van der Waals surface area contributed by atoms with E-state index in [9.17, 15) is 14.8 Å². The molecule has 2 aliphatic rings. The van der Waals surface area contributed by atoms with E-state index in [2.05, 4.69) is 16.0 Å². The third-order valence-corrected chi connectivity index (χ3v) is 5.42. The molecule has 1 aliphatic heterocycles. The molecule has 27 heavy (non-hydrogen) atoms. The zero-order valence-corrected chi connectivity index (χ0v) is 16.2. The Bertz CT molecular complexity index is 682. The lowest BCUT2D eigenvalue weighted by atomic mass is 9.99. The summed E-state index contributed by atoms with van der Waals surface area (Å²) in [7, 11) is 0. The molecular weight excluding hydrogens is 344 g/mol. The average Bonchev–Trinajstić information content (AvgIpc) is 3.42. The molecule has 3 rings (SSSR count). The van der Waals surface area contributed by atoms with Crippen LogP contribution in [-0.2, 0) is 15.1 Å². The van der Waals surface area contributed by atoms with E-state index >= 15 is 0 Å². The van der Waals surface area contributed by atoms with Crippen LogP contribution in [-0.4, -0.2) is 35.7 Å². The number of piperidine rings is 1. The molecule has 0 aromatic carbocycles. The van der Waals surface area contributed by atoms with Gasteiger partial charge in [0.1, 0.15) is 6.04 Å². The number of hydrogen-bond acceptors (Lipinski definition) is 4. The Labute approximate surface area is 160 Å². The molecule has 2 fully saturated rings. The normalized spacial score (nSPS) is 22.1. The van der Waals surface area contributed by atoms with E-state index in [1.807, 2.05) is 19.9 Å². The fourth-order valence-corrected chi connectivity index (χ4v) is 3.73. The number of amides is 2. The highest BCUT2D eigenvalue weighted by atomic mass is 16.5. The molecule has 2 atom stereocenters. The summed E-state index contributed by atoms with van der Waals surface area (Å²) in [6, 6.07) is 2.90. The summed E-state index contributed by atoms with van der Waals surface area (Å²) in [4.78, 5) is 25.6. The summed E-state index contributed by atoms with van der Waals surface area (Å²) in [5.41, 5.74) is 0.440. The molecule has 148 valence electrons. The lowest BCUT2D eigenvalue weighted by Gasteiger charge is -2.27. The molecule has 0 radical (unpaired) electrons. The molecule has 1 aromatic heterocycles. The standard InChI is InChI=1S/C20H30N4O3/c1-14(2)12-17(22-18(25)16-7-3-4-10-21-16)19(26)23-20(8-9-20)15-6-5-11-24(27)13-15/h5-6,11,13-14,16-17,21H,3-4,7-10,12H2,1-2H3,(H2-,22,23,25,26,27)/p+1/t16-,17?/m1/s1. The Kier molecular flexibility index (Phi) is 5.99. The van der Waals surface area contributed by atoms with Gasteiger partial charge in [-0.25, -0.2) is 0 Å². The fraction of sp³-hybridized carbons (Fsp3) is 0.650. The van der Waals surface area contributed by atoms with Crippen LogP contribution in [0.5, 0.6) is 0 Å². The number of hydrogen-bond donors (Lipinski definition) is 4. The van der Waals surface area contributed by atoms with E-state index in [-0.39, 0.29) is 23.8 Å². The second-order valence-corrected chi connectivity index (χ2v) is 8.24. The number of carbonyl (C=O) groups excluding carboxylic acids is 2. The third-order valence-electron chi connectivity index (χ3n) is 5.42. The van der Waals surface area contributed by atoms with Crippen molar-refractivity contribution in [2.75, 3.05) is 6.54 Å². The molecule has 4 N–H and O–H groups in total. The largest absolute Gasteiger partial charge is 0.345 e. The smallest absolute Gasteiger partial charge is 0.243 e. The Balaban J connectivity index is 1.67. The molecular formula is C20H31N4O3+. The Morgan fingerprint density at radius 3 is 2.74 bits per heavy atom. The minimum atomic E-state index is -0.552. The van der Waals surface area contributed by atoms with Crippen LogP contribution in [0.1, 0.15) is 57.9 Å². The molecule has 0 spiro atoms. The Morgan fingerprint density at radius 2 is 2.15 bits per heavy atom. The van der Waals surface area contributed by atoms with Gasteiger partial charge >= 0.3 is 0 Å². The quantitative estimate of drug-likeness (QED) is 0.422. The minimum Gasteiger partial charge on any atom is -0.345 e. The second kappa shape index (κ2) is 8.25. The van der Waals surface area contributed by atoms with Gasteiger partial charge in [0.25, 0.3) is 0 Å².